The molecule has 3 aliphatic heterocycles. The highest BCUT2D eigenvalue weighted by molar-refractivity contribution is 6.01. The molecule has 4 rings (SSSR count). The molecule has 0 saturated carbocycles. The number of alkyl halides is 3. The van der Waals surface area contributed by atoms with Gasteiger partial charge in [-0.05, 0) is 43.0 Å². The molecule has 3 heterocycles. The molecule has 32 heavy (non-hydrogen) atoms. The van der Waals surface area contributed by atoms with Crippen LogP contribution in [0.1, 0.15) is 41.6 Å². The molecule has 1 aromatic carbocycles. The van der Waals surface area contributed by atoms with Crippen molar-refractivity contribution in [2.75, 3.05) is 26.2 Å². The number of rotatable bonds is 5. The molecule has 0 spiro atoms. The minimum Gasteiger partial charge on any atom is -0.492 e. The number of carbonyl (C=O) groups is 2. The summed E-state index contributed by atoms with van der Waals surface area (Å²) in [7, 11) is 0. The largest absolute Gasteiger partial charge is 0.492 e. The molecule has 8 nitrogen and oxygen atoms in total. The maximum absolute atomic E-state index is 12.9. The second-order valence-electron chi connectivity index (χ2n) is 8.46. The lowest BCUT2D eigenvalue weighted by molar-refractivity contribution is -0.394. The average Bonchev–Trinajstić information content (AvgIpc) is 3.04. The second-order valence-corrected chi connectivity index (χ2v) is 8.46. The summed E-state index contributed by atoms with van der Waals surface area (Å²) in [4.78, 5) is 29.8. The van der Waals surface area contributed by atoms with Gasteiger partial charge in [0.25, 0.3) is 5.91 Å². The standard InChI is InChI=1S/C21H24F3N3O5/c22-21(23,24)20(31)5-7-26(8-6-20)9-10-32-14-1-2-15-13(11-14)12-27(19(15)30)16-3-4-17(28)25-18(16)29/h1-2,11,16,31H,3-10,12H2,(H,25,28,29)/p+1. The predicted molar refractivity (Wildman–Crippen MR) is 105 cm³/mol. The van der Waals surface area contributed by atoms with Gasteiger partial charge in [-0.25, -0.2) is 4.79 Å². The molecule has 1 aromatic rings. The highest BCUT2D eigenvalue weighted by Gasteiger charge is 2.54. The lowest BCUT2D eigenvalue weighted by atomic mass is 9.91. The number of piperidine rings is 1. The highest BCUT2D eigenvalue weighted by Crippen LogP contribution is 2.38. The van der Waals surface area contributed by atoms with E-state index in [4.69, 9.17) is 4.74 Å². The van der Waals surface area contributed by atoms with Crippen LogP contribution in [0.2, 0.25) is 0 Å². The SMILES string of the molecule is O=C1CCC(N2Cc3cc(OCCN4CCC(O)(C(F)(F)F)CC4)ccc3C2=O)C(O)=[NH+]1. The Morgan fingerprint density at radius 3 is 2.59 bits per heavy atom. The van der Waals surface area contributed by atoms with Crippen LogP contribution in [-0.4, -0.2) is 81.8 Å². The molecular weight excluding hydrogens is 431 g/mol. The highest BCUT2D eigenvalue weighted by atomic mass is 19.4. The van der Waals surface area contributed by atoms with Gasteiger partial charge < -0.3 is 19.8 Å². The minimum atomic E-state index is -4.62. The molecule has 0 bridgehead atoms. The Balaban J connectivity index is 1.31. The summed E-state index contributed by atoms with van der Waals surface area (Å²) in [6, 6.07) is 4.47. The molecule has 1 unspecified atom stereocenters. The van der Waals surface area contributed by atoms with Crippen LogP contribution >= 0.6 is 0 Å². The molecule has 3 N–H and O–H groups in total. The quantitative estimate of drug-likeness (QED) is 0.582. The van der Waals surface area contributed by atoms with Gasteiger partial charge in [0.05, 0.1) is 6.42 Å². The lowest BCUT2D eigenvalue weighted by Gasteiger charge is -2.39. The molecule has 11 heteroatoms. The van der Waals surface area contributed by atoms with E-state index in [1.165, 1.54) is 4.90 Å². The van der Waals surface area contributed by atoms with Crippen molar-refractivity contribution in [2.45, 2.75) is 50.0 Å². The third kappa shape index (κ3) is 4.31. The Hall–Kier alpha value is -2.66. The Morgan fingerprint density at radius 2 is 1.94 bits per heavy atom. The van der Waals surface area contributed by atoms with Gasteiger partial charge in [0, 0.05) is 31.7 Å². The van der Waals surface area contributed by atoms with Gasteiger partial charge in [0.1, 0.15) is 12.4 Å². The number of fused-ring (bicyclic) bond motifs is 1. The number of nitrogens with one attached hydrogen (secondary N) is 1. The number of hydrogen-bond donors (Lipinski definition) is 3. The van der Waals surface area contributed by atoms with Gasteiger partial charge in [0.15, 0.2) is 11.6 Å². The summed E-state index contributed by atoms with van der Waals surface area (Å²) in [6.07, 6.45) is -4.78. The van der Waals surface area contributed by atoms with Crippen molar-refractivity contribution in [3.05, 3.63) is 29.3 Å². The summed E-state index contributed by atoms with van der Waals surface area (Å²) < 4.78 is 44.4. The second kappa shape index (κ2) is 8.36. The molecule has 3 aliphatic rings. The number of aliphatic hydroxyl groups is 2. The third-order valence-electron chi connectivity index (χ3n) is 6.40. The fourth-order valence-electron chi connectivity index (χ4n) is 4.38. The number of ether oxygens (including phenoxy) is 1. The van der Waals surface area contributed by atoms with E-state index in [9.17, 15) is 33.0 Å². The van der Waals surface area contributed by atoms with Gasteiger partial charge in [-0.15, -0.1) is 4.99 Å². The third-order valence-corrected chi connectivity index (χ3v) is 6.40. The van der Waals surface area contributed by atoms with Crippen molar-refractivity contribution in [2.24, 2.45) is 0 Å². The molecular formula is C21H25F3N3O5+. The van der Waals surface area contributed by atoms with E-state index in [0.29, 0.717) is 24.3 Å². The smallest absolute Gasteiger partial charge is 0.417 e. The first-order valence-electron chi connectivity index (χ1n) is 10.5. The molecule has 174 valence electrons. The van der Waals surface area contributed by atoms with Gasteiger partial charge >= 0.3 is 18.0 Å². The van der Waals surface area contributed by atoms with Crippen LogP contribution in [-0.2, 0) is 11.3 Å². The molecule has 1 fully saturated rings. The van der Waals surface area contributed by atoms with Gasteiger partial charge in [-0.3, -0.25) is 9.69 Å². The number of amides is 2. The minimum absolute atomic E-state index is 0.130. The van der Waals surface area contributed by atoms with Crippen molar-refractivity contribution >= 4 is 17.7 Å². The summed E-state index contributed by atoms with van der Waals surface area (Å²) in [5.41, 5.74) is -1.37. The molecule has 2 amide bonds. The van der Waals surface area contributed by atoms with Crippen LogP contribution < -0.4 is 9.73 Å². The van der Waals surface area contributed by atoms with Crippen LogP contribution in [0.15, 0.2) is 18.2 Å². The van der Waals surface area contributed by atoms with Crippen LogP contribution in [0, 0.1) is 0 Å². The van der Waals surface area contributed by atoms with E-state index < -0.39 is 17.8 Å². The number of likely N-dealkylation sites (tertiary alicyclic amines) is 1. The topological polar surface area (TPSA) is 104 Å². The zero-order valence-electron chi connectivity index (χ0n) is 17.3. The van der Waals surface area contributed by atoms with E-state index in [-0.39, 0.29) is 63.2 Å². The Morgan fingerprint density at radius 1 is 1.22 bits per heavy atom. The van der Waals surface area contributed by atoms with Crippen LogP contribution in [0.4, 0.5) is 13.2 Å². The van der Waals surface area contributed by atoms with Gasteiger partial charge in [-0.2, -0.15) is 13.2 Å². The first-order chi connectivity index (χ1) is 15.1. The van der Waals surface area contributed by atoms with Crippen molar-refractivity contribution in [3.63, 3.8) is 0 Å². The van der Waals surface area contributed by atoms with Gasteiger partial charge in [0.2, 0.25) is 0 Å². The van der Waals surface area contributed by atoms with E-state index >= 15 is 0 Å². The van der Waals surface area contributed by atoms with Crippen LogP contribution in [0.25, 0.3) is 0 Å². The lowest BCUT2D eigenvalue weighted by Crippen LogP contribution is -2.82. The Kier molecular flexibility index (Phi) is 5.89. The summed E-state index contributed by atoms with van der Waals surface area (Å²) in [6.45, 7) is 1.21. The number of halogens is 3. The normalized spacial score (nSPS) is 23.8. The van der Waals surface area contributed by atoms with E-state index in [0.717, 1.165) is 5.56 Å². The van der Waals surface area contributed by atoms with Crippen molar-refractivity contribution in [1.82, 2.24) is 9.80 Å². The first-order valence-corrected chi connectivity index (χ1v) is 10.5. The van der Waals surface area contributed by atoms with E-state index in [1.54, 1.807) is 18.2 Å². The monoisotopic (exact) mass is 456 g/mol. The fraction of sp³-hybridized carbons (Fsp3) is 0.571. The van der Waals surface area contributed by atoms with Crippen molar-refractivity contribution in [3.8, 4) is 5.75 Å². The van der Waals surface area contributed by atoms with E-state index in [2.05, 4.69) is 4.99 Å². The zero-order valence-corrected chi connectivity index (χ0v) is 17.3. The Bertz CT molecular complexity index is 941. The molecule has 1 saturated heterocycles. The number of benzene rings is 1. The zero-order chi connectivity index (χ0) is 23.1. The van der Waals surface area contributed by atoms with Crippen LogP contribution in [0.5, 0.6) is 5.75 Å². The number of hydrogen-bond acceptors (Lipinski definition) is 5. The first kappa shape index (κ1) is 22.5. The Labute approximate surface area is 182 Å². The summed E-state index contributed by atoms with van der Waals surface area (Å²) >= 11 is 0. The maximum Gasteiger partial charge on any atom is 0.417 e. The maximum atomic E-state index is 12.9. The summed E-state index contributed by atoms with van der Waals surface area (Å²) in [5.74, 6) is -0.203. The van der Waals surface area contributed by atoms with Crippen molar-refractivity contribution in [1.29, 1.82) is 0 Å². The molecule has 0 radical (unpaired) electrons. The number of carbonyl (C=O) groups excluding carboxylic acids is 2. The molecule has 1 atom stereocenters. The van der Waals surface area contributed by atoms with Crippen LogP contribution in [0.3, 0.4) is 0 Å². The fourth-order valence-corrected chi connectivity index (χ4v) is 4.38. The van der Waals surface area contributed by atoms with Crippen molar-refractivity contribution < 1.29 is 42.7 Å². The average molecular weight is 456 g/mol. The summed E-state index contributed by atoms with van der Waals surface area (Å²) in [5, 5.41) is 19.8. The number of nitrogens with zero attached hydrogens (tertiary/aromatic N) is 2. The van der Waals surface area contributed by atoms with E-state index in [1.807, 2.05) is 4.90 Å². The predicted octanol–water partition coefficient (Wildman–Crippen LogP) is 0.137. The molecule has 0 aliphatic carbocycles. The van der Waals surface area contributed by atoms with Gasteiger partial charge in [-0.1, -0.05) is 0 Å². The molecule has 0 aromatic heterocycles. The number of aliphatic hydroxyl groups excluding tert-OH is 1.